The van der Waals surface area contributed by atoms with Crippen molar-refractivity contribution >= 4 is 35.9 Å². The van der Waals surface area contributed by atoms with Gasteiger partial charge in [0.1, 0.15) is 4.92 Å². The predicted molar refractivity (Wildman–Crippen MR) is 95.4 cm³/mol. The first-order valence-electron chi connectivity index (χ1n) is 7.94. The van der Waals surface area contributed by atoms with Crippen molar-refractivity contribution < 1.29 is 19.2 Å². The lowest BCUT2D eigenvalue weighted by molar-refractivity contribution is -0.402. The lowest BCUT2D eigenvalue weighted by Gasteiger charge is -2.06. The van der Waals surface area contributed by atoms with E-state index in [0.717, 1.165) is 12.8 Å². The first-order valence-corrected chi connectivity index (χ1v) is 7.94. The highest BCUT2D eigenvalue weighted by atomic mass is 16.6. The van der Waals surface area contributed by atoms with Crippen molar-refractivity contribution in [2.45, 2.75) is 25.7 Å². The summed E-state index contributed by atoms with van der Waals surface area (Å²) in [6.07, 6.45) is 3.47. The molecule has 0 unspecified atom stereocenters. The second-order valence-corrected chi connectivity index (χ2v) is 5.28. The highest BCUT2D eigenvalue weighted by molar-refractivity contribution is 5.76. The van der Waals surface area contributed by atoms with Crippen molar-refractivity contribution in [3.05, 3.63) is 28.0 Å². The number of nitrogens with zero attached hydrogens (tertiary/aromatic N) is 5. The minimum Gasteiger partial charge on any atom is -0.481 e. The molecule has 2 rings (SSSR count). The first-order chi connectivity index (χ1) is 12.9. The van der Waals surface area contributed by atoms with Crippen LogP contribution in [0.15, 0.2) is 21.7 Å². The number of nitro groups is 1. The van der Waals surface area contributed by atoms with Gasteiger partial charge in [-0.05, 0) is 18.9 Å². The number of furan rings is 1. The molecule has 0 saturated heterocycles. The summed E-state index contributed by atoms with van der Waals surface area (Å²) in [5.41, 5.74) is 8.14. The van der Waals surface area contributed by atoms with Gasteiger partial charge in [-0.2, -0.15) is 20.1 Å². The number of hydrogen-bond acceptors (Lipinski definition) is 11. The number of carboxylic acids is 1. The lowest BCUT2D eigenvalue weighted by Crippen LogP contribution is -2.10. The molecule has 2 heterocycles. The van der Waals surface area contributed by atoms with Gasteiger partial charge in [0.05, 0.1) is 12.3 Å². The van der Waals surface area contributed by atoms with E-state index in [-0.39, 0.29) is 30.0 Å². The van der Waals surface area contributed by atoms with Gasteiger partial charge in [0.2, 0.25) is 17.8 Å². The van der Waals surface area contributed by atoms with E-state index in [2.05, 4.69) is 30.8 Å². The van der Waals surface area contributed by atoms with Gasteiger partial charge >= 0.3 is 11.9 Å². The average molecular weight is 378 g/mol. The average Bonchev–Trinajstić information content (AvgIpc) is 3.06. The fourth-order valence-corrected chi connectivity index (χ4v) is 1.96. The maximum atomic E-state index is 10.5. The van der Waals surface area contributed by atoms with Crippen molar-refractivity contribution in [1.29, 1.82) is 0 Å². The fraction of sp³-hybridized carbons (Fsp3) is 0.357. The molecule has 0 bridgehead atoms. The highest BCUT2D eigenvalue weighted by Gasteiger charge is 2.10. The Balaban J connectivity index is 1.83. The van der Waals surface area contributed by atoms with Gasteiger partial charge in [0.25, 0.3) is 0 Å². The van der Waals surface area contributed by atoms with Gasteiger partial charge in [-0.25, -0.2) is 5.43 Å². The number of aliphatic carboxylic acids is 1. The van der Waals surface area contributed by atoms with Crippen molar-refractivity contribution in [2.75, 3.05) is 23.0 Å². The SMILES string of the molecule is Nc1nc(NCCCCCC(=O)O)nc(N/N=C/c2ccc([N+](=O)[O-])o2)n1. The third-order valence-corrected chi connectivity index (χ3v) is 3.15. The number of anilines is 3. The molecule has 2 aromatic rings. The number of unbranched alkanes of at least 4 members (excludes halogenated alkanes) is 2. The summed E-state index contributed by atoms with van der Waals surface area (Å²) in [5, 5.41) is 25.9. The van der Waals surface area contributed by atoms with Gasteiger partial charge in [-0.15, -0.1) is 0 Å². The standard InChI is InChI=1S/C14H18N8O5/c15-12-18-13(16-7-3-1-2-4-11(23)24)20-14(19-12)21-17-8-9-5-6-10(27-9)22(25)26/h5-6,8H,1-4,7H2,(H,23,24)(H4,15,16,18,19,20,21)/b17-8+. The summed E-state index contributed by atoms with van der Waals surface area (Å²) in [6, 6.07) is 2.60. The van der Waals surface area contributed by atoms with Gasteiger partial charge < -0.3 is 20.6 Å². The van der Waals surface area contributed by atoms with Gasteiger partial charge in [0, 0.05) is 13.0 Å². The van der Waals surface area contributed by atoms with Crippen LogP contribution in [-0.2, 0) is 4.79 Å². The summed E-state index contributed by atoms with van der Waals surface area (Å²) in [5.74, 6) is -0.731. The van der Waals surface area contributed by atoms with Crippen LogP contribution in [0.3, 0.4) is 0 Å². The Morgan fingerprint density at radius 3 is 2.78 bits per heavy atom. The fourth-order valence-electron chi connectivity index (χ4n) is 1.96. The number of nitrogens with two attached hydrogens (primary N) is 1. The van der Waals surface area contributed by atoms with E-state index in [4.69, 9.17) is 15.3 Å². The third kappa shape index (κ3) is 6.93. The van der Waals surface area contributed by atoms with Crippen LogP contribution < -0.4 is 16.5 Å². The molecule has 13 heteroatoms. The molecule has 0 radical (unpaired) electrons. The van der Waals surface area contributed by atoms with Crippen LogP contribution >= 0.6 is 0 Å². The van der Waals surface area contributed by atoms with Crippen LogP contribution in [0.25, 0.3) is 0 Å². The summed E-state index contributed by atoms with van der Waals surface area (Å²) in [6.45, 7) is 0.543. The second kappa shape index (κ2) is 9.65. The maximum absolute atomic E-state index is 10.5. The number of carboxylic acid groups (broad SMARTS) is 1. The molecule has 13 nitrogen and oxygen atoms in total. The number of hydrogen-bond donors (Lipinski definition) is 4. The molecule has 0 aliphatic heterocycles. The summed E-state index contributed by atoms with van der Waals surface area (Å²) in [7, 11) is 0. The second-order valence-electron chi connectivity index (χ2n) is 5.28. The Hall–Kier alpha value is -3.77. The Morgan fingerprint density at radius 1 is 1.30 bits per heavy atom. The van der Waals surface area contributed by atoms with E-state index in [9.17, 15) is 14.9 Å². The molecule has 0 aliphatic rings. The zero-order chi connectivity index (χ0) is 19.6. The summed E-state index contributed by atoms with van der Waals surface area (Å²) < 4.78 is 4.92. The quantitative estimate of drug-likeness (QED) is 0.191. The highest BCUT2D eigenvalue weighted by Crippen LogP contribution is 2.14. The predicted octanol–water partition coefficient (Wildman–Crippen LogP) is 1.46. The van der Waals surface area contributed by atoms with E-state index in [1.807, 2.05) is 0 Å². The van der Waals surface area contributed by atoms with Crippen molar-refractivity contribution in [2.24, 2.45) is 5.10 Å². The molecular weight excluding hydrogens is 360 g/mol. The monoisotopic (exact) mass is 378 g/mol. The topological polar surface area (TPSA) is 195 Å². The van der Waals surface area contributed by atoms with Crippen LogP contribution in [0.4, 0.5) is 23.7 Å². The van der Waals surface area contributed by atoms with Crippen molar-refractivity contribution in [3.8, 4) is 0 Å². The van der Waals surface area contributed by atoms with Crippen molar-refractivity contribution in [1.82, 2.24) is 15.0 Å². The van der Waals surface area contributed by atoms with E-state index in [1.165, 1.54) is 18.3 Å². The summed E-state index contributed by atoms with van der Waals surface area (Å²) >= 11 is 0. The largest absolute Gasteiger partial charge is 0.481 e. The molecule has 144 valence electrons. The molecule has 0 saturated carbocycles. The van der Waals surface area contributed by atoms with Crippen LogP contribution in [0.2, 0.25) is 0 Å². The Kier molecular flexibility index (Phi) is 6.99. The number of aromatic nitrogens is 3. The van der Waals surface area contributed by atoms with E-state index in [1.54, 1.807) is 0 Å². The molecule has 2 aromatic heterocycles. The van der Waals surface area contributed by atoms with E-state index >= 15 is 0 Å². The Labute approximate surface area is 152 Å². The molecular formula is C14H18N8O5. The number of carbonyl (C=O) groups is 1. The first kappa shape index (κ1) is 19.6. The zero-order valence-corrected chi connectivity index (χ0v) is 14.2. The van der Waals surface area contributed by atoms with Gasteiger partial charge in [0.15, 0.2) is 5.76 Å². The van der Waals surface area contributed by atoms with Gasteiger partial charge in [-0.3, -0.25) is 14.9 Å². The van der Waals surface area contributed by atoms with Crippen LogP contribution in [0, 0.1) is 10.1 Å². The van der Waals surface area contributed by atoms with E-state index < -0.39 is 16.8 Å². The third-order valence-electron chi connectivity index (χ3n) is 3.15. The normalized spacial score (nSPS) is 10.8. The van der Waals surface area contributed by atoms with Gasteiger partial charge in [-0.1, -0.05) is 6.42 Å². The smallest absolute Gasteiger partial charge is 0.433 e. The molecule has 27 heavy (non-hydrogen) atoms. The summed E-state index contributed by atoms with van der Waals surface area (Å²) in [4.78, 5) is 32.2. The molecule has 0 fully saturated rings. The van der Waals surface area contributed by atoms with Crippen LogP contribution in [-0.4, -0.2) is 43.7 Å². The number of hydrazone groups is 1. The van der Waals surface area contributed by atoms with E-state index in [0.29, 0.717) is 13.0 Å². The molecule has 0 aromatic carbocycles. The molecule has 0 aliphatic carbocycles. The maximum Gasteiger partial charge on any atom is 0.433 e. The minimum atomic E-state index is -0.811. The van der Waals surface area contributed by atoms with Crippen molar-refractivity contribution in [3.63, 3.8) is 0 Å². The molecule has 0 atom stereocenters. The number of nitrogens with one attached hydrogen (secondary N) is 2. The Morgan fingerprint density at radius 2 is 2.07 bits per heavy atom. The number of rotatable bonds is 11. The molecule has 0 spiro atoms. The van der Waals surface area contributed by atoms with Crippen LogP contribution in [0.5, 0.6) is 0 Å². The Bertz CT molecular complexity index is 822. The zero-order valence-electron chi connectivity index (χ0n) is 14.2. The van der Waals surface area contributed by atoms with Crippen LogP contribution in [0.1, 0.15) is 31.4 Å². The lowest BCUT2D eigenvalue weighted by atomic mass is 10.2. The molecule has 0 amide bonds. The minimum absolute atomic E-state index is 0.0234. The number of nitrogen functional groups attached to an aromatic ring is 1. The molecule has 5 N–H and O–H groups in total.